The maximum Gasteiger partial charge on any atom is 0.0205 e. The highest BCUT2D eigenvalue weighted by Crippen LogP contribution is 2.33. The normalized spacial score (nSPS) is 15.5. The molecule has 1 saturated carbocycles. The quantitative estimate of drug-likeness (QED) is 0.697. The Balaban J connectivity index is 1.63. The summed E-state index contributed by atoms with van der Waals surface area (Å²) in [5, 5.41) is 3.53. The smallest absolute Gasteiger partial charge is 0.0205 e. The highest BCUT2D eigenvalue weighted by molar-refractivity contribution is 5.24. The minimum Gasteiger partial charge on any atom is -0.313 e. The average Bonchev–Trinajstić information content (AvgIpc) is 3.13. The second-order valence-electron chi connectivity index (χ2n) is 5.66. The van der Waals surface area contributed by atoms with E-state index in [1.165, 1.54) is 43.4 Å². The Morgan fingerprint density at radius 3 is 2.47 bits per heavy atom. The SMILES string of the molecule is CC(C)c1ccc(CNCCCC2CC2)cc1. The molecule has 1 aromatic carbocycles. The monoisotopic (exact) mass is 231 g/mol. The van der Waals surface area contributed by atoms with E-state index in [9.17, 15) is 0 Å². The van der Waals surface area contributed by atoms with Gasteiger partial charge in [0, 0.05) is 6.54 Å². The van der Waals surface area contributed by atoms with Crippen LogP contribution in [0.3, 0.4) is 0 Å². The first kappa shape index (κ1) is 12.6. The van der Waals surface area contributed by atoms with Gasteiger partial charge in [0.2, 0.25) is 0 Å². The van der Waals surface area contributed by atoms with Crippen molar-refractivity contribution in [1.29, 1.82) is 0 Å². The van der Waals surface area contributed by atoms with Crippen molar-refractivity contribution in [2.24, 2.45) is 5.92 Å². The van der Waals surface area contributed by atoms with E-state index in [-0.39, 0.29) is 0 Å². The van der Waals surface area contributed by atoms with Crippen LogP contribution in [0.15, 0.2) is 24.3 Å². The Morgan fingerprint density at radius 2 is 1.88 bits per heavy atom. The summed E-state index contributed by atoms with van der Waals surface area (Å²) in [6.45, 7) is 6.67. The van der Waals surface area contributed by atoms with Gasteiger partial charge in [-0.1, -0.05) is 51.0 Å². The number of benzene rings is 1. The average molecular weight is 231 g/mol. The first-order chi connectivity index (χ1) is 8.25. The lowest BCUT2D eigenvalue weighted by Gasteiger charge is -2.08. The van der Waals surface area contributed by atoms with Crippen LogP contribution in [-0.2, 0) is 6.54 Å². The van der Waals surface area contributed by atoms with Crippen molar-refractivity contribution in [2.75, 3.05) is 6.54 Å². The van der Waals surface area contributed by atoms with Crippen molar-refractivity contribution < 1.29 is 0 Å². The lowest BCUT2D eigenvalue weighted by atomic mass is 10.0. The number of nitrogens with one attached hydrogen (secondary N) is 1. The van der Waals surface area contributed by atoms with Gasteiger partial charge in [-0.15, -0.1) is 0 Å². The standard InChI is InChI=1S/C16H25N/c1-13(2)16-9-7-15(8-10-16)12-17-11-3-4-14-5-6-14/h7-10,13-14,17H,3-6,11-12H2,1-2H3. The lowest BCUT2D eigenvalue weighted by molar-refractivity contribution is 0.594. The molecule has 0 aromatic heterocycles. The summed E-state index contributed by atoms with van der Waals surface area (Å²) in [7, 11) is 0. The van der Waals surface area contributed by atoms with E-state index in [0.717, 1.165) is 12.5 Å². The van der Waals surface area contributed by atoms with E-state index in [2.05, 4.69) is 43.4 Å². The highest BCUT2D eigenvalue weighted by Gasteiger charge is 2.19. The van der Waals surface area contributed by atoms with E-state index in [4.69, 9.17) is 0 Å². The third-order valence-electron chi connectivity index (χ3n) is 3.64. The van der Waals surface area contributed by atoms with Crippen molar-refractivity contribution in [1.82, 2.24) is 5.32 Å². The minimum atomic E-state index is 0.635. The van der Waals surface area contributed by atoms with Gasteiger partial charge in [-0.05, 0) is 42.3 Å². The fraction of sp³-hybridized carbons (Fsp3) is 0.625. The highest BCUT2D eigenvalue weighted by atomic mass is 14.8. The fourth-order valence-corrected chi connectivity index (χ4v) is 2.18. The van der Waals surface area contributed by atoms with Crippen LogP contribution in [0.4, 0.5) is 0 Å². The maximum absolute atomic E-state index is 3.53. The molecule has 1 aliphatic carbocycles. The molecule has 0 radical (unpaired) electrons. The van der Waals surface area contributed by atoms with Crippen molar-refractivity contribution in [3.63, 3.8) is 0 Å². The number of hydrogen-bond acceptors (Lipinski definition) is 1. The van der Waals surface area contributed by atoms with Gasteiger partial charge in [-0.3, -0.25) is 0 Å². The van der Waals surface area contributed by atoms with Crippen molar-refractivity contribution in [3.05, 3.63) is 35.4 Å². The molecule has 0 aliphatic heterocycles. The van der Waals surface area contributed by atoms with Gasteiger partial charge in [0.05, 0.1) is 0 Å². The van der Waals surface area contributed by atoms with E-state index in [0.29, 0.717) is 5.92 Å². The summed E-state index contributed by atoms with van der Waals surface area (Å²) < 4.78 is 0. The zero-order valence-corrected chi connectivity index (χ0v) is 11.2. The molecule has 0 atom stereocenters. The molecule has 0 spiro atoms. The van der Waals surface area contributed by atoms with E-state index in [1.807, 2.05) is 0 Å². The third kappa shape index (κ3) is 4.51. The molecule has 94 valence electrons. The third-order valence-corrected chi connectivity index (χ3v) is 3.64. The van der Waals surface area contributed by atoms with Crippen molar-refractivity contribution in [2.45, 2.75) is 52.0 Å². The molecule has 0 amide bonds. The van der Waals surface area contributed by atoms with Gasteiger partial charge in [0.15, 0.2) is 0 Å². The van der Waals surface area contributed by atoms with Crippen LogP contribution in [0.25, 0.3) is 0 Å². The van der Waals surface area contributed by atoms with Crippen LogP contribution in [-0.4, -0.2) is 6.54 Å². The van der Waals surface area contributed by atoms with E-state index >= 15 is 0 Å². The first-order valence-electron chi connectivity index (χ1n) is 7.05. The molecule has 1 heteroatoms. The van der Waals surface area contributed by atoms with Crippen LogP contribution >= 0.6 is 0 Å². The molecular weight excluding hydrogens is 206 g/mol. The lowest BCUT2D eigenvalue weighted by Crippen LogP contribution is -2.14. The molecule has 1 fully saturated rings. The first-order valence-corrected chi connectivity index (χ1v) is 7.05. The summed E-state index contributed by atoms with van der Waals surface area (Å²) in [6, 6.07) is 9.02. The molecule has 1 N–H and O–H groups in total. The van der Waals surface area contributed by atoms with E-state index < -0.39 is 0 Å². The summed E-state index contributed by atoms with van der Waals surface area (Å²) >= 11 is 0. The molecule has 2 rings (SSSR count). The molecule has 0 heterocycles. The summed E-state index contributed by atoms with van der Waals surface area (Å²) in [4.78, 5) is 0. The topological polar surface area (TPSA) is 12.0 Å². The summed E-state index contributed by atoms with van der Waals surface area (Å²) in [5.74, 6) is 1.71. The Hall–Kier alpha value is -0.820. The molecule has 17 heavy (non-hydrogen) atoms. The maximum atomic E-state index is 3.53. The molecule has 1 aliphatic rings. The van der Waals surface area contributed by atoms with Crippen molar-refractivity contribution >= 4 is 0 Å². The summed E-state index contributed by atoms with van der Waals surface area (Å²) in [6.07, 6.45) is 5.74. The zero-order chi connectivity index (χ0) is 12.1. The minimum absolute atomic E-state index is 0.635. The Bertz CT molecular complexity index is 322. The Kier molecular flexibility index (Phi) is 4.61. The molecular formula is C16H25N. The van der Waals surface area contributed by atoms with Gasteiger partial charge < -0.3 is 5.32 Å². The van der Waals surface area contributed by atoms with Gasteiger partial charge in [-0.25, -0.2) is 0 Å². The number of rotatable bonds is 7. The molecule has 0 bridgehead atoms. The van der Waals surface area contributed by atoms with Gasteiger partial charge in [0.1, 0.15) is 0 Å². The van der Waals surface area contributed by atoms with Gasteiger partial charge >= 0.3 is 0 Å². The molecule has 0 unspecified atom stereocenters. The van der Waals surface area contributed by atoms with Crippen LogP contribution in [0, 0.1) is 5.92 Å². The predicted molar refractivity (Wildman–Crippen MR) is 74.2 cm³/mol. The second kappa shape index (κ2) is 6.20. The Morgan fingerprint density at radius 1 is 1.18 bits per heavy atom. The number of hydrogen-bond donors (Lipinski definition) is 1. The van der Waals surface area contributed by atoms with Crippen LogP contribution < -0.4 is 5.32 Å². The fourth-order valence-electron chi connectivity index (χ4n) is 2.18. The summed E-state index contributed by atoms with van der Waals surface area (Å²) in [5.41, 5.74) is 2.84. The van der Waals surface area contributed by atoms with Crippen LogP contribution in [0.2, 0.25) is 0 Å². The van der Waals surface area contributed by atoms with Crippen LogP contribution in [0.5, 0.6) is 0 Å². The zero-order valence-electron chi connectivity index (χ0n) is 11.2. The predicted octanol–water partition coefficient (Wildman–Crippen LogP) is 4.09. The Labute approximate surface area is 106 Å². The van der Waals surface area contributed by atoms with Crippen LogP contribution in [0.1, 0.15) is 56.6 Å². The molecule has 1 nitrogen and oxygen atoms in total. The van der Waals surface area contributed by atoms with E-state index in [1.54, 1.807) is 0 Å². The molecule has 1 aromatic rings. The second-order valence-corrected chi connectivity index (χ2v) is 5.66. The van der Waals surface area contributed by atoms with Gasteiger partial charge in [0.25, 0.3) is 0 Å². The molecule has 0 saturated heterocycles. The van der Waals surface area contributed by atoms with Crippen molar-refractivity contribution in [3.8, 4) is 0 Å². The largest absolute Gasteiger partial charge is 0.313 e. The van der Waals surface area contributed by atoms with Gasteiger partial charge in [-0.2, -0.15) is 0 Å².